The number of nitrogens with two attached hydrogens (primary N) is 1. The minimum atomic E-state index is -0.276. The van der Waals surface area contributed by atoms with Crippen LogP contribution in [0.15, 0.2) is 40.0 Å². The largest absolute Gasteiger partial charge is 0.383 e. The third-order valence-corrected chi connectivity index (χ3v) is 3.58. The molecule has 1 fully saturated rings. The predicted octanol–water partition coefficient (Wildman–Crippen LogP) is 2.18. The van der Waals surface area contributed by atoms with Crippen molar-refractivity contribution in [2.24, 2.45) is 21.6 Å². The second-order valence-corrected chi connectivity index (χ2v) is 5.59. The minimum absolute atomic E-state index is 0.0253. The number of anilines is 1. The first-order valence-corrected chi connectivity index (χ1v) is 7.35. The van der Waals surface area contributed by atoms with Crippen LogP contribution in [0.5, 0.6) is 0 Å². The van der Waals surface area contributed by atoms with Gasteiger partial charge in [-0.2, -0.15) is 4.99 Å². The van der Waals surface area contributed by atoms with Crippen molar-refractivity contribution in [2.75, 3.05) is 5.32 Å². The Kier molecular flexibility index (Phi) is 5.05. The Labute approximate surface area is 135 Å². The normalized spacial score (nSPS) is 15.2. The Hall–Kier alpha value is -2.76. The number of rotatable bonds is 5. The van der Waals surface area contributed by atoms with Gasteiger partial charge in [0.1, 0.15) is 5.84 Å². The van der Waals surface area contributed by atoms with Crippen LogP contribution >= 0.6 is 0 Å². The summed E-state index contributed by atoms with van der Waals surface area (Å²) >= 11 is 0. The molecule has 1 aliphatic rings. The summed E-state index contributed by atoms with van der Waals surface area (Å²) in [5.41, 5.74) is 8.43. The molecule has 23 heavy (non-hydrogen) atoms. The van der Waals surface area contributed by atoms with E-state index in [0.717, 1.165) is 18.4 Å². The van der Waals surface area contributed by atoms with Crippen molar-refractivity contribution >= 4 is 30.1 Å². The monoisotopic (exact) mass is 312 g/mol. The van der Waals surface area contributed by atoms with Crippen LogP contribution < -0.4 is 11.1 Å². The van der Waals surface area contributed by atoms with Crippen molar-refractivity contribution in [3.05, 3.63) is 41.1 Å². The van der Waals surface area contributed by atoms with Gasteiger partial charge < -0.3 is 11.1 Å². The maximum atomic E-state index is 12.0. The van der Waals surface area contributed by atoms with E-state index in [0.29, 0.717) is 16.8 Å². The first kappa shape index (κ1) is 16.6. The Morgan fingerprint density at radius 1 is 1.39 bits per heavy atom. The molecular formula is C17H20N4O2. The lowest BCUT2D eigenvalue weighted by molar-refractivity contribution is -0.119. The number of hydrogen-bond donors (Lipinski definition) is 2. The summed E-state index contributed by atoms with van der Waals surface area (Å²) in [5, 5.41) is 2.79. The molecule has 0 heterocycles. The Morgan fingerprint density at radius 3 is 2.70 bits per heavy atom. The van der Waals surface area contributed by atoms with Crippen LogP contribution in [0.3, 0.4) is 0 Å². The molecule has 0 spiro atoms. The summed E-state index contributed by atoms with van der Waals surface area (Å²) in [4.78, 5) is 31.3. The van der Waals surface area contributed by atoms with Gasteiger partial charge in [0.2, 0.25) is 0 Å². The zero-order valence-corrected chi connectivity index (χ0v) is 13.3. The van der Waals surface area contributed by atoms with Crippen LogP contribution in [0.1, 0.15) is 30.9 Å². The zero-order valence-electron chi connectivity index (χ0n) is 13.3. The Bertz CT molecular complexity index is 715. The molecular weight excluding hydrogens is 292 g/mol. The lowest BCUT2D eigenvalue weighted by Crippen LogP contribution is -2.18. The molecule has 6 nitrogen and oxygen atoms in total. The summed E-state index contributed by atoms with van der Waals surface area (Å²) in [6.45, 7) is 6.84. The van der Waals surface area contributed by atoms with Crippen molar-refractivity contribution in [1.29, 1.82) is 0 Å². The van der Waals surface area contributed by atoms with Crippen molar-refractivity contribution in [3.63, 3.8) is 0 Å². The van der Waals surface area contributed by atoms with Crippen LogP contribution in [0.4, 0.5) is 5.69 Å². The summed E-state index contributed by atoms with van der Waals surface area (Å²) < 4.78 is 0. The molecule has 6 heteroatoms. The number of carbonyl (C=O) groups is 2. The molecule has 3 N–H and O–H groups in total. The highest BCUT2D eigenvalue weighted by Crippen LogP contribution is 2.30. The van der Waals surface area contributed by atoms with Gasteiger partial charge in [0.05, 0.1) is 0 Å². The number of carbonyl (C=O) groups excluding carboxylic acids is 2. The predicted molar refractivity (Wildman–Crippen MR) is 91.6 cm³/mol. The summed E-state index contributed by atoms with van der Waals surface area (Å²) in [6.07, 6.45) is 3.15. The van der Waals surface area contributed by atoms with Crippen LogP contribution in [-0.4, -0.2) is 24.4 Å². The second-order valence-electron chi connectivity index (χ2n) is 5.59. The van der Waals surface area contributed by atoms with Gasteiger partial charge in [-0.15, -0.1) is 0 Å². The number of aliphatic imine (C=N–C) groups is 2. The number of hydrogen-bond acceptors (Lipinski definition) is 3. The highest BCUT2D eigenvalue weighted by Gasteiger charge is 2.29. The van der Waals surface area contributed by atoms with E-state index in [1.807, 2.05) is 13.0 Å². The number of aryl methyl sites for hydroxylation is 1. The van der Waals surface area contributed by atoms with Gasteiger partial charge in [0, 0.05) is 28.9 Å². The molecule has 2 rings (SSSR count). The molecule has 1 aromatic carbocycles. The van der Waals surface area contributed by atoms with E-state index < -0.39 is 0 Å². The average Bonchev–Trinajstić information content (AvgIpc) is 3.34. The fraction of sp³-hybridized carbons (Fsp3) is 0.294. The van der Waals surface area contributed by atoms with E-state index in [4.69, 9.17) is 5.73 Å². The molecule has 1 aromatic rings. The highest BCUT2D eigenvalue weighted by molar-refractivity contribution is 6.07. The second kappa shape index (κ2) is 7.00. The molecule has 0 saturated heterocycles. The molecule has 0 atom stereocenters. The van der Waals surface area contributed by atoms with Gasteiger partial charge in [0.25, 0.3) is 11.8 Å². The topological polar surface area (TPSA) is 96.9 Å². The van der Waals surface area contributed by atoms with E-state index in [9.17, 15) is 9.59 Å². The van der Waals surface area contributed by atoms with Crippen molar-refractivity contribution in [1.82, 2.24) is 0 Å². The standard InChI is InChI=1S/C17H20N4O2/c1-10-4-5-13(15(18)21-17(23)12-6-7-12)8-14(10)20-16(22)11(2)9-19-3/h4-5,8-9,12H,3,6-7H2,1-2H3,(H,20,22)(H2,18,21,23)/b11-9+. The third-order valence-electron chi connectivity index (χ3n) is 3.58. The van der Waals surface area contributed by atoms with E-state index in [1.165, 1.54) is 6.20 Å². The number of benzene rings is 1. The number of nitrogens with zero attached hydrogens (tertiary/aromatic N) is 2. The van der Waals surface area contributed by atoms with E-state index >= 15 is 0 Å². The Morgan fingerprint density at radius 2 is 2.09 bits per heavy atom. The van der Waals surface area contributed by atoms with Gasteiger partial charge >= 0.3 is 0 Å². The highest BCUT2D eigenvalue weighted by atomic mass is 16.2. The van der Waals surface area contributed by atoms with Crippen LogP contribution in [0.2, 0.25) is 0 Å². The third kappa shape index (κ3) is 4.35. The average molecular weight is 312 g/mol. The molecule has 0 bridgehead atoms. The molecule has 0 aromatic heterocycles. The van der Waals surface area contributed by atoms with Crippen LogP contribution in [0, 0.1) is 12.8 Å². The maximum Gasteiger partial charge on any atom is 0.252 e. The van der Waals surface area contributed by atoms with Gasteiger partial charge in [-0.05, 0) is 45.0 Å². The molecule has 1 saturated carbocycles. The van der Waals surface area contributed by atoms with Crippen molar-refractivity contribution in [2.45, 2.75) is 26.7 Å². The van der Waals surface area contributed by atoms with E-state index in [1.54, 1.807) is 19.1 Å². The molecule has 0 unspecified atom stereocenters. The van der Waals surface area contributed by atoms with Crippen molar-refractivity contribution in [3.8, 4) is 0 Å². The summed E-state index contributed by atoms with van der Waals surface area (Å²) in [6, 6.07) is 5.30. The zero-order chi connectivity index (χ0) is 17.0. The first-order valence-electron chi connectivity index (χ1n) is 7.35. The number of nitrogens with one attached hydrogen (secondary N) is 1. The summed E-state index contributed by atoms with van der Waals surface area (Å²) in [7, 11) is 0. The molecule has 0 radical (unpaired) electrons. The van der Waals surface area contributed by atoms with Crippen LogP contribution in [-0.2, 0) is 9.59 Å². The quantitative estimate of drug-likeness (QED) is 0.495. The molecule has 120 valence electrons. The van der Waals surface area contributed by atoms with E-state index in [-0.39, 0.29) is 23.6 Å². The molecule has 2 amide bonds. The van der Waals surface area contributed by atoms with Gasteiger partial charge in [-0.3, -0.25) is 14.6 Å². The fourth-order valence-electron chi connectivity index (χ4n) is 1.94. The summed E-state index contributed by atoms with van der Waals surface area (Å²) in [5.74, 6) is -0.263. The number of amides is 2. The first-order chi connectivity index (χ1) is 10.9. The Balaban J connectivity index is 2.21. The molecule has 1 aliphatic carbocycles. The SMILES string of the molecule is C=N/C=C(\C)C(=O)Nc1cc(C(N)=NC(=O)C2CC2)ccc1C. The maximum absolute atomic E-state index is 12.0. The van der Waals surface area contributed by atoms with Gasteiger partial charge in [-0.25, -0.2) is 0 Å². The lowest BCUT2D eigenvalue weighted by atomic mass is 10.1. The van der Waals surface area contributed by atoms with Crippen LogP contribution in [0.25, 0.3) is 0 Å². The van der Waals surface area contributed by atoms with Gasteiger partial charge in [0.15, 0.2) is 0 Å². The van der Waals surface area contributed by atoms with Gasteiger partial charge in [-0.1, -0.05) is 12.1 Å². The molecule has 0 aliphatic heterocycles. The fourth-order valence-corrected chi connectivity index (χ4v) is 1.94. The minimum Gasteiger partial charge on any atom is -0.383 e. The van der Waals surface area contributed by atoms with E-state index in [2.05, 4.69) is 22.0 Å². The lowest BCUT2D eigenvalue weighted by Gasteiger charge is -2.10. The number of amidine groups is 1. The van der Waals surface area contributed by atoms with Crippen molar-refractivity contribution < 1.29 is 9.59 Å². The smallest absolute Gasteiger partial charge is 0.252 e.